The minimum absolute atomic E-state index is 0.264. The Morgan fingerprint density at radius 2 is 1.13 bits per heavy atom. The molecule has 1 aliphatic carbocycles. The summed E-state index contributed by atoms with van der Waals surface area (Å²) in [5, 5.41) is 74.0. The average Bonchev–Trinajstić information content (AvgIpc) is 3.14. The molecule has 1 saturated carbocycles. The number of unbranched alkanes of at least 4 members (excludes halogenated alkanes) is 12. The van der Waals surface area contributed by atoms with E-state index >= 15 is 0 Å². The van der Waals surface area contributed by atoms with E-state index in [1.165, 1.54) is 31.8 Å². The van der Waals surface area contributed by atoms with E-state index in [1.54, 1.807) is 6.08 Å². The van der Waals surface area contributed by atoms with Gasteiger partial charge in [0.1, 0.15) is 36.6 Å². The van der Waals surface area contributed by atoms with E-state index in [4.69, 9.17) is 9.05 Å². The first-order valence-corrected chi connectivity index (χ1v) is 21.7. The van der Waals surface area contributed by atoms with Crippen molar-refractivity contribution in [3.8, 4) is 0 Å². The molecule has 314 valence electrons. The number of hydrogen-bond donors (Lipinski definition) is 9. The first-order chi connectivity index (χ1) is 25.8. The fourth-order valence-electron chi connectivity index (χ4n) is 5.98. The number of phosphoric ester groups is 1. The summed E-state index contributed by atoms with van der Waals surface area (Å²) in [6.07, 6.45) is 19.4. The summed E-state index contributed by atoms with van der Waals surface area (Å²) in [7, 11) is -5.15. The van der Waals surface area contributed by atoms with E-state index in [1.807, 2.05) is 6.08 Å². The van der Waals surface area contributed by atoms with Gasteiger partial charge in [-0.1, -0.05) is 114 Å². The molecular weight excluding hydrogens is 717 g/mol. The lowest BCUT2D eigenvalue weighted by Crippen LogP contribution is -2.64. The van der Waals surface area contributed by atoms with Gasteiger partial charge in [-0.15, -0.1) is 0 Å². The summed E-state index contributed by atoms with van der Waals surface area (Å²) in [4.78, 5) is 23.3. The fourth-order valence-corrected chi connectivity index (χ4v) is 6.94. The molecule has 1 rings (SSSR count). The average molecular weight is 790 g/mol. The Bertz CT molecular complexity index is 1120. The molecule has 1 amide bonds. The van der Waals surface area contributed by atoms with Gasteiger partial charge in [-0.05, 0) is 64.2 Å². The molecule has 9 N–H and O–H groups in total. The SMILES string of the molecule is CCC/C=C/CC/C=C/CC/C=C/C(O)C(COP(=O)(O)OC1C(O)C(O)C(O)C(O)C1O)NC(=O)CC(O)CCCCCCC/C=C\CCCCCC. The molecule has 1 fully saturated rings. The molecule has 0 spiro atoms. The largest absolute Gasteiger partial charge is 0.472 e. The van der Waals surface area contributed by atoms with Gasteiger partial charge in [-0.2, -0.15) is 0 Å². The molecule has 1 aliphatic rings. The molecule has 0 saturated heterocycles. The molecular formula is C40H72NO12P. The van der Waals surface area contributed by atoms with Crippen molar-refractivity contribution in [1.82, 2.24) is 5.32 Å². The van der Waals surface area contributed by atoms with Gasteiger partial charge >= 0.3 is 7.82 Å². The molecule has 14 heteroatoms. The smallest absolute Gasteiger partial charge is 0.393 e. The number of amides is 1. The summed E-state index contributed by atoms with van der Waals surface area (Å²) >= 11 is 0. The van der Waals surface area contributed by atoms with Crippen molar-refractivity contribution >= 4 is 13.7 Å². The highest BCUT2D eigenvalue weighted by Gasteiger charge is 2.51. The molecule has 13 nitrogen and oxygen atoms in total. The number of rotatable bonds is 31. The summed E-state index contributed by atoms with van der Waals surface area (Å²) in [6, 6.07) is -1.26. The van der Waals surface area contributed by atoms with Gasteiger partial charge in [0.05, 0.1) is 31.3 Å². The molecule has 0 bridgehead atoms. The highest BCUT2D eigenvalue weighted by molar-refractivity contribution is 7.47. The van der Waals surface area contributed by atoms with E-state index in [9.17, 15) is 50.0 Å². The second kappa shape index (κ2) is 30.4. The summed E-state index contributed by atoms with van der Waals surface area (Å²) < 4.78 is 22.7. The van der Waals surface area contributed by atoms with Crippen LogP contribution in [0.2, 0.25) is 0 Å². The lowest BCUT2D eigenvalue weighted by molar-refractivity contribution is -0.220. The van der Waals surface area contributed by atoms with Crippen LogP contribution in [-0.2, 0) is 18.4 Å². The highest BCUT2D eigenvalue weighted by atomic mass is 31.2. The molecule has 8 unspecified atom stereocenters. The number of carbonyl (C=O) groups excluding carboxylic acids is 1. The number of aliphatic hydroxyl groups excluding tert-OH is 7. The molecule has 0 aromatic carbocycles. The topological polar surface area (TPSA) is 226 Å². The van der Waals surface area contributed by atoms with Crippen LogP contribution in [0.25, 0.3) is 0 Å². The number of aliphatic hydroxyl groups is 7. The van der Waals surface area contributed by atoms with E-state index < -0.39 is 75.2 Å². The quantitative estimate of drug-likeness (QED) is 0.0251. The van der Waals surface area contributed by atoms with Crippen LogP contribution in [0, 0.1) is 0 Å². The van der Waals surface area contributed by atoms with Crippen molar-refractivity contribution in [2.45, 2.75) is 191 Å². The van der Waals surface area contributed by atoms with E-state index in [-0.39, 0.29) is 6.42 Å². The zero-order chi connectivity index (χ0) is 40.2. The Hall–Kier alpha value is -1.74. The summed E-state index contributed by atoms with van der Waals surface area (Å²) in [5.41, 5.74) is 0. The molecule has 0 heterocycles. The standard InChI is InChI=1S/C40H72NO12P/c1-3-5-7-9-11-13-15-16-18-19-21-23-25-27-31(42)29-34(44)41-32(33(43)28-26-24-22-20-17-14-12-10-8-6-4-2)30-52-54(50,51)53-40-38(48)36(46)35(45)37(47)39(40)49/h8,10,13,15,17,20,26,28,31-33,35-40,42-43,45-49H,3-7,9,11-12,14,16,18-19,21-25,27,29-30H2,1-2H3,(H,41,44)(H,50,51)/b10-8+,15-13-,20-17+,28-26+. The van der Waals surface area contributed by atoms with E-state index in [2.05, 4.69) is 49.5 Å². The van der Waals surface area contributed by atoms with Crippen LogP contribution >= 0.6 is 7.82 Å². The molecule has 0 aromatic rings. The second-order valence-electron chi connectivity index (χ2n) is 14.3. The zero-order valence-corrected chi connectivity index (χ0v) is 33.5. The number of carbonyl (C=O) groups is 1. The Kier molecular flexibility index (Phi) is 28.3. The Labute approximate surface area is 323 Å². The summed E-state index contributed by atoms with van der Waals surface area (Å²) in [6.45, 7) is 3.58. The third kappa shape index (κ3) is 22.7. The van der Waals surface area contributed by atoms with Crippen LogP contribution in [0.1, 0.15) is 136 Å². The Balaban J connectivity index is 2.66. The second-order valence-corrected chi connectivity index (χ2v) is 15.7. The number of nitrogens with one attached hydrogen (secondary N) is 1. The van der Waals surface area contributed by atoms with Crippen molar-refractivity contribution < 1.29 is 59.0 Å². The molecule has 0 aromatic heterocycles. The van der Waals surface area contributed by atoms with E-state index in [0.717, 1.165) is 70.6 Å². The van der Waals surface area contributed by atoms with Crippen LogP contribution in [0.3, 0.4) is 0 Å². The highest BCUT2D eigenvalue weighted by Crippen LogP contribution is 2.47. The van der Waals surface area contributed by atoms with Crippen molar-refractivity contribution in [2.75, 3.05) is 6.61 Å². The first kappa shape index (κ1) is 50.3. The Morgan fingerprint density at radius 3 is 1.70 bits per heavy atom. The Morgan fingerprint density at radius 1 is 0.648 bits per heavy atom. The first-order valence-electron chi connectivity index (χ1n) is 20.2. The van der Waals surface area contributed by atoms with Crippen LogP contribution in [0.5, 0.6) is 0 Å². The predicted octanol–water partition coefficient (Wildman–Crippen LogP) is 5.19. The summed E-state index contributed by atoms with van der Waals surface area (Å²) in [5.74, 6) is -0.618. The third-order valence-corrected chi connectivity index (χ3v) is 10.3. The van der Waals surface area contributed by atoms with Gasteiger partial charge in [0.25, 0.3) is 0 Å². The maximum Gasteiger partial charge on any atom is 0.472 e. The fraction of sp³-hybridized carbons (Fsp3) is 0.775. The number of hydrogen-bond acceptors (Lipinski definition) is 11. The molecule has 8 atom stereocenters. The van der Waals surface area contributed by atoms with Crippen molar-refractivity contribution in [3.05, 3.63) is 48.6 Å². The van der Waals surface area contributed by atoms with Gasteiger partial charge in [0, 0.05) is 0 Å². The van der Waals surface area contributed by atoms with Gasteiger partial charge in [-0.25, -0.2) is 4.57 Å². The van der Waals surface area contributed by atoms with Crippen molar-refractivity contribution in [2.24, 2.45) is 0 Å². The van der Waals surface area contributed by atoms with Gasteiger partial charge in [-0.3, -0.25) is 13.8 Å². The molecule has 54 heavy (non-hydrogen) atoms. The number of allylic oxidation sites excluding steroid dienone is 7. The lowest BCUT2D eigenvalue weighted by Gasteiger charge is -2.41. The van der Waals surface area contributed by atoms with Crippen LogP contribution in [0.15, 0.2) is 48.6 Å². The normalized spacial score (nSPS) is 25.1. The van der Waals surface area contributed by atoms with Crippen molar-refractivity contribution in [3.63, 3.8) is 0 Å². The van der Waals surface area contributed by atoms with Crippen LogP contribution in [-0.4, -0.2) is 108 Å². The predicted molar refractivity (Wildman–Crippen MR) is 210 cm³/mol. The molecule has 0 radical (unpaired) electrons. The minimum Gasteiger partial charge on any atom is -0.393 e. The van der Waals surface area contributed by atoms with Crippen LogP contribution < -0.4 is 5.32 Å². The maximum absolute atomic E-state index is 12.9. The minimum atomic E-state index is -5.15. The van der Waals surface area contributed by atoms with Gasteiger partial charge < -0.3 is 46.0 Å². The van der Waals surface area contributed by atoms with Gasteiger partial charge in [0.2, 0.25) is 5.91 Å². The van der Waals surface area contributed by atoms with E-state index in [0.29, 0.717) is 19.3 Å². The third-order valence-electron chi connectivity index (χ3n) is 9.35. The monoisotopic (exact) mass is 789 g/mol. The number of phosphoric acid groups is 1. The zero-order valence-electron chi connectivity index (χ0n) is 32.6. The molecule has 0 aliphatic heterocycles. The van der Waals surface area contributed by atoms with Crippen molar-refractivity contribution in [1.29, 1.82) is 0 Å². The maximum atomic E-state index is 12.9. The van der Waals surface area contributed by atoms with Crippen LogP contribution in [0.4, 0.5) is 0 Å². The van der Waals surface area contributed by atoms with Gasteiger partial charge in [0.15, 0.2) is 0 Å². The lowest BCUT2D eigenvalue weighted by atomic mass is 9.85.